The molecule has 1 aromatic rings. The maximum atomic E-state index is 3.66. The van der Waals surface area contributed by atoms with E-state index in [1.807, 2.05) is 0 Å². The van der Waals surface area contributed by atoms with E-state index in [9.17, 15) is 0 Å². The largest absolute Gasteiger partial charge is 0.309 e. The molecule has 1 aromatic carbocycles. The fourth-order valence-corrected chi connectivity index (χ4v) is 3.73. The SMILES string of the molecule is CC(NCC1(C)CCCS1)c1ccc(Br)cc1. The average Bonchev–Trinajstić information content (AvgIpc) is 2.75. The van der Waals surface area contributed by atoms with E-state index in [1.54, 1.807) is 0 Å². The van der Waals surface area contributed by atoms with E-state index in [0.717, 1.165) is 11.0 Å². The Kier molecular flexibility index (Phi) is 4.56. The van der Waals surface area contributed by atoms with Gasteiger partial charge in [0.05, 0.1) is 0 Å². The van der Waals surface area contributed by atoms with Crippen LogP contribution in [0.5, 0.6) is 0 Å². The molecule has 1 fully saturated rings. The van der Waals surface area contributed by atoms with E-state index in [4.69, 9.17) is 0 Å². The van der Waals surface area contributed by atoms with Crippen molar-refractivity contribution in [1.82, 2.24) is 5.32 Å². The summed E-state index contributed by atoms with van der Waals surface area (Å²) in [4.78, 5) is 0. The number of halogens is 1. The summed E-state index contributed by atoms with van der Waals surface area (Å²) < 4.78 is 1.59. The summed E-state index contributed by atoms with van der Waals surface area (Å²) in [6, 6.07) is 9.03. The van der Waals surface area contributed by atoms with Gasteiger partial charge in [-0.3, -0.25) is 0 Å². The molecule has 17 heavy (non-hydrogen) atoms. The van der Waals surface area contributed by atoms with Crippen molar-refractivity contribution in [2.45, 2.75) is 37.5 Å². The van der Waals surface area contributed by atoms with Crippen LogP contribution >= 0.6 is 27.7 Å². The maximum Gasteiger partial charge on any atom is 0.0292 e. The predicted octanol–water partition coefficient (Wildman–Crippen LogP) is 4.39. The molecule has 0 radical (unpaired) electrons. The minimum atomic E-state index is 0.432. The van der Waals surface area contributed by atoms with E-state index in [0.29, 0.717) is 10.8 Å². The van der Waals surface area contributed by atoms with Crippen molar-refractivity contribution in [2.24, 2.45) is 0 Å². The van der Waals surface area contributed by atoms with E-state index in [-0.39, 0.29) is 0 Å². The summed E-state index contributed by atoms with van der Waals surface area (Å²) in [5, 5.41) is 3.66. The van der Waals surface area contributed by atoms with E-state index >= 15 is 0 Å². The van der Waals surface area contributed by atoms with Gasteiger partial charge in [0, 0.05) is 21.8 Å². The molecule has 1 aliphatic rings. The highest BCUT2D eigenvalue weighted by atomic mass is 79.9. The molecule has 0 aliphatic carbocycles. The molecule has 1 heterocycles. The van der Waals surface area contributed by atoms with Gasteiger partial charge in [0.25, 0.3) is 0 Å². The van der Waals surface area contributed by atoms with Gasteiger partial charge >= 0.3 is 0 Å². The Labute approximate surface area is 117 Å². The van der Waals surface area contributed by atoms with Gasteiger partial charge in [-0.2, -0.15) is 11.8 Å². The van der Waals surface area contributed by atoms with Crippen LogP contribution in [-0.2, 0) is 0 Å². The Morgan fingerprint density at radius 2 is 2.12 bits per heavy atom. The van der Waals surface area contributed by atoms with Crippen molar-refractivity contribution < 1.29 is 0 Å². The lowest BCUT2D eigenvalue weighted by Crippen LogP contribution is -2.34. The number of thioether (sulfide) groups is 1. The van der Waals surface area contributed by atoms with Gasteiger partial charge in [0.1, 0.15) is 0 Å². The zero-order chi connectivity index (χ0) is 12.3. The summed E-state index contributed by atoms with van der Waals surface area (Å²) >= 11 is 5.59. The van der Waals surface area contributed by atoms with Crippen LogP contribution < -0.4 is 5.32 Å². The third-order valence-corrected chi connectivity index (χ3v) is 5.52. The zero-order valence-corrected chi connectivity index (χ0v) is 12.9. The van der Waals surface area contributed by atoms with Crippen LogP contribution in [0.25, 0.3) is 0 Å². The van der Waals surface area contributed by atoms with Crippen molar-refractivity contribution in [3.05, 3.63) is 34.3 Å². The number of hydrogen-bond donors (Lipinski definition) is 1. The second kappa shape index (κ2) is 5.77. The number of nitrogens with one attached hydrogen (secondary N) is 1. The van der Waals surface area contributed by atoms with Crippen LogP contribution in [0.4, 0.5) is 0 Å². The van der Waals surface area contributed by atoms with Crippen molar-refractivity contribution >= 4 is 27.7 Å². The van der Waals surface area contributed by atoms with Gasteiger partial charge in [-0.25, -0.2) is 0 Å². The normalized spacial score (nSPS) is 26.1. The minimum Gasteiger partial charge on any atom is -0.309 e. The molecular formula is C14H20BrNS. The lowest BCUT2D eigenvalue weighted by Gasteiger charge is -2.25. The summed E-state index contributed by atoms with van der Waals surface area (Å²) in [5.74, 6) is 1.32. The molecule has 2 rings (SSSR count). The smallest absolute Gasteiger partial charge is 0.0292 e. The lowest BCUT2D eigenvalue weighted by molar-refractivity contribution is 0.490. The predicted molar refractivity (Wildman–Crippen MR) is 80.7 cm³/mol. The van der Waals surface area contributed by atoms with Gasteiger partial charge in [-0.15, -0.1) is 0 Å². The average molecular weight is 314 g/mol. The van der Waals surface area contributed by atoms with Gasteiger partial charge in [-0.05, 0) is 50.1 Å². The fourth-order valence-electron chi connectivity index (χ4n) is 2.21. The Bertz CT molecular complexity index is 357. The Morgan fingerprint density at radius 3 is 2.71 bits per heavy atom. The minimum absolute atomic E-state index is 0.432. The molecule has 2 unspecified atom stereocenters. The highest BCUT2D eigenvalue weighted by Crippen LogP contribution is 2.37. The molecule has 2 atom stereocenters. The van der Waals surface area contributed by atoms with Crippen LogP contribution in [-0.4, -0.2) is 17.0 Å². The number of benzene rings is 1. The molecule has 1 N–H and O–H groups in total. The van der Waals surface area contributed by atoms with Crippen LogP contribution in [0.1, 0.15) is 38.3 Å². The Morgan fingerprint density at radius 1 is 1.41 bits per heavy atom. The summed E-state index contributed by atoms with van der Waals surface area (Å²) in [6.45, 7) is 5.73. The van der Waals surface area contributed by atoms with Crippen LogP contribution in [0.2, 0.25) is 0 Å². The van der Waals surface area contributed by atoms with E-state index < -0.39 is 0 Å². The van der Waals surface area contributed by atoms with Gasteiger partial charge in [0.2, 0.25) is 0 Å². The first kappa shape index (κ1) is 13.4. The van der Waals surface area contributed by atoms with Gasteiger partial charge in [0.15, 0.2) is 0 Å². The summed E-state index contributed by atoms with van der Waals surface area (Å²) in [7, 11) is 0. The van der Waals surface area contributed by atoms with Gasteiger partial charge < -0.3 is 5.32 Å². The third-order valence-electron chi connectivity index (χ3n) is 3.45. The molecule has 1 aliphatic heterocycles. The fraction of sp³-hybridized carbons (Fsp3) is 0.571. The molecular weight excluding hydrogens is 294 g/mol. The van der Waals surface area contributed by atoms with Crippen molar-refractivity contribution in [3.63, 3.8) is 0 Å². The maximum absolute atomic E-state index is 3.66. The molecule has 0 saturated carbocycles. The van der Waals surface area contributed by atoms with Crippen molar-refractivity contribution in [2.75, 3.05) is 12.3 Å². The lowest BCUT2D eigenvalue weighted by atomic mass is 10.0. The summed E-state index contributed by atoms with van der Waals surface area (Å²) in [5.41, 5.74) is 1.36. The first-order valence-corrected chi connectivity index (χ1v) is 8.00. The molecule has 1 nitrogen and oxygen atoms in total. The second-order valence-electron chi connectivity index (χ2n) is 5.06. The first-order valence-electron chi connectivity index (χ1n) is 6.22. The molecule has 0 aromatic heterocycles. The monoisotopic (exact) mass is 313 g/mol. The standard InChI is InChI=1S/C14H20BrNS/c1-11(12-4-6-13(15)7-5-12)16-10-14(2)8-3-9-17-14/h4-7,11,16H,3,8-10H2,1-2H3. The first-order chi connectivity index (χ1) is 8.09. The number of rotatable bonds is 4. The molecule has 1 saturated heterocycles. The topological polar surface area (TPSA) is 12.0 Å². The van der Waals surface area contributed by atoms with Gasteiger partial charge in [-0.1, -0.05) is 28.1 Å². The molecule has 0 spiro atoms. The van der Waals surface area contributed by atoms with Crippen molar-refractivity contribution in [3.8, 4) is 0 Å². The molecule has 0 bridgehead atoms. The molecule has 94 valence electrons. The van der Waals surface area contributed by atoms with Crippen LogP contribution in [0, 0.1) is 0 Å². The molecule has 3 heteroatoms. The third kappa shape index (κ3) is 3.73. The van der Waals surface area contributed by atoms with Crippen LogP contribution in [0.3, 0.4) is 0 Å². The zero-order valence-electron chi connectivity index (χ0n) is 10.5. The highest BCUT2D eigenvalue weighted by molar-refractivity contribution is 9.10. The Balaban J connectivity index is 1.88. The highest BCUT2D eigenvalue weighted by Gasteiger charge is 2.29. The second-order valence-corrected chi connectivity index (χ2v) is 7.65. The quantitative estimate of drug-likeness (QED) is 0.885. The van der Waals surface area contributed by atoms with E-state index in [1.165, 1.54) is 24.2 Å². The van der Waals surface area contributed by atoms with E-state index in [2.05, 4.69) is 71.1 Å². The summed E-state index contributed by atoms with van der Waals surface area (Å²) in [6.07, 6.45) is 2.72. The molecule has 0 amide bonds. The van der Waals surface area contributed by atoms with Crippen LogP contribution in [0.15, 0.2) is 28.7 Å². The Hall–Kier alpha value is 0.01000. The van der Waals surface area contributed by atoms with Crippen molar-refractivity contribution in [1.29, 1.82) is 0 Å². The number of hydrogen-bond acceptors (Lipinski definition) is 2.